The Morgan fingerprint density at radius 1 is 1.07 bits per heavy atom. The molecule has 1 aromatic carbocycles. The lowest BCUT2D eigenvalue weighted by Gasteiger charge is -2.30. The molecule has 0 unspecified atom stereocenters. The van der Waals surface area contributed by atoms with E-state index in [-0.39, 0.29) is 23.0 Å². The first-order valence-electron chi connectivity index (χ1n) is 9.47. The number of nitro benzene ring substituents is 1. The van der Waals surface area contributed by atoms with Crippen molar-refractivity contribution < 1.29 is 4.92 Å². The van der Waals surface area contributed by atoms with E-state index in [1.807, 2.05) is 6.07 Å². The van der Waals surface area contributed by atoms with Gasteiger partial charge in [-0.25, -0.2) is 4.98 Å². The van der Waals surface area contributed by atoms with Gasteiger partial charge in [0.25, 0.3) is 0 Å². The van der Waals surface area contributed by atoms with Crippen LogP contribution in [0.25, 0.3) is 11.0 Å². The molecule has 0 radical (unpaired) electrons. The number of aromatic nitrogens is 2. The van der Waals surface area contributed by atoms with Gasteiger partial charge in [0.2, 0.25) is 5.95 Å². The number of benzene rings is 1. The molecule has 12 heteroatoms. The molecule has 0 bridgehead atoms. The number of halogens is 3. The highest BCUT2D eigenvalue weighted by molar-refractivity contribution is 9.13. The zero-order chi connectivity index (χ0) is 19.7. The number of fused-ring (bicyclic) bond motifs is 1. The van der Waals surface area contributed by atoms with E-state index in [1.54, 1.807) is 0 Å². The van der Waals surface area contributed by atoms with Crippen LogP contribution < -0.4 is 15.5 Å². The van der Waals surface area contributed by atoms with E-state index in [1.165, 1.54) is 0 Å². The van der Waals surface area contributed by atoms with E-state index in [9.17, 15) is 10.1 Å². The Labute approximate surface area is 192 Å². The Kier molecular flexibility index (Phi) is 7.74. The molecule has 2 saturated heterocycles. The first-order chi connectivity index (χ1) is 13.6. The molecule has 0 aliphatic carbocycles. The Bertz CT molecular complexity index is 883. The molecule has 9 nitrogen and oxygen atoms in total. The molecule has 2 aliphatic heterocycles. The standard InChI is InChI=1S/C17H23Br2N7O2.ClH/c18-12-11-13-15(16(14(12)19)26(27)28)22-17(24-7-3-21-4-8-24)25(13)10-9-23-5-1-20-2-6-23;/h11,20-21H,1-10H2;1H. The highest BCUT2D eigenvalue weighted by Gasteiger charge is 2.28. The van der Waals surface area contributed by atoms with Crippen LogP contribution in [0.4, 0.5) is 11.6 Å². The van der Waals surface area contributed by atoms with Crippen LogP contribution in [-0.2, 0) is 6.54 Å². The third kappa shape index (κ3) is 4.70. The van der Waals surface area contributed by atoms with Gasteiger partial charge in [-0.05, 0) is 37.9 Å². The number of nitrogens with one attached hydrogen (secondary N) is 2. The third-order valence-corrected chi connectivity index (χ3v) is 7.28. The fraction of sp³-hybridized carbons (Fsp3) is 0.588. The molecule has 4 rings (SSSR count). The van der Waals surface area contributed by atoms with Crippen molar-refractivity contribution in [3.63, 3.8) is 0 Å². The van der Waals surface area contributed by atoms with Gasteiger partial charge in [-0.15, -0.1) is 12.4 Å². The SMILES string of the molecule is Cl.O=[N+]([O-])c1c(Br)c(Br)cc2c1nc(N1CCNCC1)n2CCN1CCNCC1. The summed E-state index contributed by atoms with van der Waals surface area (Å²) in [6.45, 7) is 9.14. The number of nitro groups is 1. The molecule has 2 aliphatic rings. The van der Waals surface area contributed by atoms with E-state index in [2.05, 4.69) is 56.9 Å². The summed E-state index contributed by atoms with van der Waals surface area (Å²) in [5.41, 5.74) is 1.25. The van der Waals surface area contributed by atoms with Gasteiger partial charge in [0.1, 0.15) is 4.47 Å². The molecule has 2 aromatic rings. The summed E-state index contributed by atoms with van der Waals surface area (Å²) in [4.78, 5) is 20.8. The Morgan fingerprint density at radius 3 is 2.31 bits per heavy atom. The van der Waals surface area contributed by atoms with Crippen LogP contribution in [0.2, 0.25) is 0 Å². The van der Waals surface area contributed by atoms with Gasteiger partial charge in [-0.2, -0.15) is 0 Å². The number of rotatable bonds is 5. The van der Waals surface area contributed by atoms with Crippen LogP contribution in [0, 0.1) is 10.1 Å². The van der Waals surface area contributed by atoms with E-state index in [0.717, 1.165) is 76.9 Å². The molecule has 3 heterocycles. The number of anilines is 1. The summed E-state index contributed by atoms with van der Waals surface area (Å²) in [7, 11) is 0. The van der Waals surface area contributed by atoms with Crippen LogP contribution >= 0.6 is 44.3 Å². The van der Waals surface area contributed by atoms with Crippen LogP contribution in [-0.4, -0.2) is 78.3 Å². The van der Waals surface area contributed by atoms with E-state index < -0.39 is 0 Å². The van der Waals surface area contributed by atoms with Gasteiger partial charge in [-0.1, -0.05) is 0 Å². The quantitative estimate of drug-likeness (QED) is 0.433. The maximum atomic E-state index is 11.8. The maximum absolute atomic E-state index is 11.8. The van der Waals surface area contributed by atoms with Gasteiger partial charge < -0.3 is 20.1 Å². The monoisotopic (exact) mass is 551 g/mol. The van der Waals surface area contributed by atoms with Gasteiger partial charge in [-0.3, -0.25) is 15.0 Å². The zero-order valence-electron chi connectivity index (χ0n) is 15.9. The lowest BCUT2D eigenvalue weighted by atomic mass is 10.2. The first-order valence-corrected chi connectivity index (χ1v) is 11.1. The smallest absolute Gasteiger partial charge is 0.312 e. The van der Waals surface area contributed by atoms with Crippen LogP contribution in [0.1, 0.15) is 0 Å². The molecular weight excluding hydrogens is 529 g/mol. The van der Waals surface area contributed by atoms with Crippen molar-refractivity contribution in [2.45, 2.75) is 6.54 Å². The second kappa shape index (κ2) is 9.88. The lowest BCUT2D eigenvalue weighted by molar-refractivity contribution is -0.384. The third-order valence-electron chi connectivity index (χ3n) is 5.32. The van der Waals surface area contributed by atoms with E-state index in [4.69, 9.17) is 4.98 Å². The van der Waals surface area contributed by atoms with Crippen molar-refractivity contribution in [1.82, 2.24) is 25.1 Å². The molecule has 1 aromatic heterocycles. The largest absolute Gasteiger partial charge is 0.340 e. The highest BCUT2D eigenvalue weighted by atomic mass is 79.9. The number of piperazine rings is 2. The molecule has 2 N–H and O–H groups in total. The molecule has 0 atom stereocenters. The summed E-state index contributed by atoms with van der Waals surface area (Å²) in [6.07, 6.45) is 0. The number of hydrogen-bond acceptors (Lipinski definition) is 7. The fourth-order valence-corrected chi connectivity index (χ4v) is 4.70. The Morgan fingerprint density at radius 2 is 1.69 bits per heavy atom. The van der Waals surface area contributed by atoms with E-state index >= 15 is 0 Å². The summed E-state index contributed by atoms with van der Waals surface area (Å²) in [6, 6.07) is 1.93. The second-order valence-electron chi connectivity index (χ2n) is 7.04. The van der Waals surface area contributed by atoms with Gasteiger partial charge in [0.15, 0.2) is 5.52 Å². The normalized spacial score (nSPS) is 18.1. The highest BCUT2D eigenvalue weighted by Crippen LogP contribution is 2.40. The predicted octanol–water partition coefficient (Wildman–Crippen LogP) is 2.21. The minimum Gasteiger partial charge on any atom is -0.340 e. The summed E-state index contributed by atoms with van der Waals surface area (Å²) in [5.74, 6) is 0.819. The summed E-state index contributed by atoms with van der Waals surface area (Å²) < 4.78 is 3.25. The second-order valence-corrected chi connectivity index (χ2v) is 8.69. The fourth-order valence-electron chi connectivity index (χ4n) is 3.84. The average molecular weight is 554 g/mol. The van der Waals surface area contributed by atoms with Crippen molar-refractivity contribution in [2.75, 3.05) is 63.8 Å². The van der Waals surface area contributed by atoms with Gasteiger partial charge in [0, 0.05) is 69.9 Å². The number of nitrogens with zero attached hydrogens (tertiary/aromatic N) is 5. The zero-order valence-corrected chi connectivity index (χ0v) is 19.9. The number of hydrogen-bond donors (Lipinski definition) is 2. The minimum atomic E-state index is -0.355. The maximum Gasteiger partial charge on any atom is 0.312 e. The molecule has 2 fully saturated rings. The van der Waals surface area contributed by atoms with Crippen LogP contribution in [0.15, 0.2) is 15.0 Å². The average Bonchev–Trinajstić information content (AvgIpc) is 3.06. The molecule has 0 amide bonds. The molecule has 29 heavy (non-hydrogen) atoms. The van der Waals surface area contributed by atoms with Crippen molar-refractivity contribution in [2.24, 2.45) is 0 Å². The van der Waals surface area contributed by atoms with Crippen molar-refractivity contribution in [3.05, 3.63) is 25.1 Å². The van der Waals surface area contributed by atoms with Crippen LogP contribution in [0.3, 0.4) is 0 Å². The first kappa shape index (κ1) is 22.7. The predicted molar refractivity (Wildman–Crippen MR) is 123 cm³/mol. The van der Waals surface area contributed by atoms with Crippen molar-refractivity contribution in [3.8, 4) is 0 Å². The van der Waals surface area contributed by atoms with E-state index in [0.29, 0.717) is 14.5 Å². The Hall–Kier alpha value is -0.980. The molecule has 160 valence electrons. The molecular formula is C17H24Br2ClN7O2. The minimum absolute atomic E-state index is 0. The Balaban J connectivity index is 0.00000240. The summed E-state index contributed by atoms with van der Waals surface area (Å²) in [5, 5.41) is 18.5. The molecule has 0 spiro atoms. The van der Waals surface area contributed by atoms with Gasteiger partial charge in [0.05, 0.1) is 10.4 Å². The topological polar surface area (TPSA) is 91.5 Å². The molecule has 0 saturated carbocycles. The lowest BCUT2D eigenvalue weighted by Crippen LogP contribution is -2.46. The van der Waals surface area contributed by atoms with Crippen LogP contribution in [0.5, 0.6) is 0 Å². The van der Waals surface area contributed by atoms with Crippen molar-refractivity contribution in [1.29, 1.82) is 0 Å². The number of imidazole rings is 1. The van der Waals surface area contributed by atoms with Gasteiger partial charge >= 0.3 is 5.69 Å². The summed E-state index contributed by atoms with van der Waals surface area (Å²) >= 11 is 6.82. The van der Waals surface area contributed by atoms with Crippen molar-refractivity contribution >= 4 is 66.9 Å².